The number of hydrogen-bond donors (Lipinski definition) is 1. The quantitative estimate of drug-likeness (QED) is 0.807. The zero-order valence-corrected chi connectivity index (χ0v) is 9.62. The number of carbonyl (C=O) groups is 3. The van der Waals surface area contributed by atoms with Crippen LogP contribution >= 0.6 is 0 Å². The first-order valence-electron chi connectivity index (χ1n) is 5.37. The summed E-state index contributed by atoms with van der Waals surface area (Å²) >= 11 is 0. The Balaban J connectivity index is 2.16. The molecule has 1 heterocycles. The number of amides is 2. The number of hydroxylamine groups is 2. The Bertz CT molecular complexity index is 490. The van der Waals surface area contributed by atoms with Gasteiger partial charge >= 0.3 is 5.97 Å². The number of hydrogen-bond acceptors (Lipinski definition) is 4. The first-order chi connectivity index (χ1) is 8.50. The van der Waals surface area contributed by atoms with Gasteiger partial charge in [0.2, 0.25) is 0 Å². The summed E-state index contributed by atoms with van der Waals surface area (Å²) in [5.41, 5.74) is 0.537. The van der Waals surface area contributed by atoms with Crippen LogP contribution in [0, 0.1) is 0 Å². The highest BCUT2D eigenvalue weighted by Crippen LogP contribution is 2.23. The van der Waals surface area contributed by atoms with Crippen molar-refractivity contribution in [2.24, 2.45) is 0 Å². The van der Waals surface area contributed by atoms with Gasteiger partial charge in [0.25, 0.3) is 11.8 Å². The van der Waals surface area contributed by atoms with Crippen molar-refractivity contribution in [2.45, 2.75) is 19.4 Å². The fourth-order valence-electron chi connectivity index (χ4n) is 1.73. The highest BCUT2D eigenvalue weighted by atomic mass is 16.7. The van der Waals surface area contributed by atoms with E-state index in [9.17, 15) is 14.4 Å². The van der Waals surface area contributed by atoms with Crippen molar-refractivity contribution in [1.29, 1.82) is 0 Å². The molecule has 0 aromatic heterocycles. The van der Waals surface area contributed by atoms with Crippen molar-refractivity contribution in [2.75, 3.05) is 0 Å². The lowest BCUT2D eigenvalue weighted by atomic mass is 10.1. The van der Waals surface area contributed by atoms with Gasteiger partial charge < -0.3 is 5.11 Å². The van der Waals surface area contributed by atoms with Gasteiger partial charge in [0.15, 0.2) is 0 Å². The van der Waals surface area contributed by atoms with Gasteiger partial charge in [-0.05, 0) is 19.1 Å². The lowest BCUT2D eigenvalue weighted by molar-refractivity contribution is -0.153. The molecule has 1 atom stereocenters. The van der Waals surface area contributed by atoms with Crippen molar-refractivity contribution in [3.8, 4) is 0 Å². The predicted molar refractivity (Wildman–Crippen MR) is 59.7 cm³/mol. The summed E-state index contributed by atoms with van der Waals surface area (Å²) in [4.78, 5) is 39.3. The second kappa shape index (κ2) is 4.58. The van der Waals surface area contributed by atoms with Crippen LogP contribution in [0.15, 0.2) is 24.3 Å². The first-order valence-corrected chi connectivity index (χ1v) is 5.37. The van der Waals surface area contributed by atoms with Crippen LogP contribution in [0.1, 0.15) is 34.1 Å². The molecule has 0 bridgehead atoms. The number of imide groups is 1. The average molecular weight is 249 g/mol. The van der Waals surface area contributed by atoms with E-state index in [2.05, 4.69) is 0 Å². The van der Waals surface area contributed by atoms with Crippen LogP contribution in [0.2, 0.25) is 0 Å². The number of benzene rings is 1. The molecule has 0 spiro atoms. The molecule has 0 radical (unpaired) electrons. The van der Waals surface area contributed by atoms with E-state index in [1.54, 1.807) is 12.1 Å². The summed E-state index contributed by atoms with van der Waals surface area (Å²) in [6, 6.07) is 6.35. The number of carboxylic acid groups (broad SMARTS) is 1. The number of carboxylic acids is 1. The number of aliphatic carboxylic acids is 1. The molecule has 18 heavy (non-hydrogen) atoms. The Hall–Kier alpha value is -2.21. The SMILES string of the molecule is C[C@H](CC(=O)O)ON1C(=O)c2ccccc2C1=O. The predicted octanol–water partition coefficient (Wildman–Crippen LogP) is 1.08. The third-order valence-electron chi connectivity index (χ3n) is 2.50. The third-order valence-corrected chi connectivity index (χ3v) is 2.50. The number of rotatable bonds is 4. The number of carbonyl (C=O) groups excluding carboxylic acids is 2. The fraction of sp³-hybridized carbons (Fsp3) is 0.250. The summed E-state index contributed by atoms with van der Waals surface area (Å²) in [7, 11) is 0. The molecule has 0 fully saturated rings. The minimum atomic E-state index is -1.06. The van der Waals surface area contributed by atoms with E-state index in [0.717, 1.165) is 0 Å². The topological polar surface area (TPSA) is 83.9 Å². The average Bonchev–Trinajstić information content (AvgIpc) is 2.54. The molecule has 1 aromatic rings. The van der Waals surface area contributed by atoms with Crippen molar-refractivity contribution in [3.05, 3.63) is 35.4 Å². The van der Waals surface area contributed by atoms with Crippen molar-refractivity contribution < 1.29 is 24.3 Å². The van der Waals surface area contributed by atoms with Crippen LogP contribution in [0.25, 0.3) is 0 Å². The van der Waals surface area contributed by atoms with Gasteiger partial charge in [-0.2, -0.15) is 0 Å². The molecule has 1 aliphatic heterocycles. The van der Waals surface area contributed by atoms with E-state index in [1.807, 2.05) is 0 Å². The van der Waals surface area contributed by atoms with E-state index in [4.69, 9.17) is 9.94 Å². The molecule has 1 aromatic carbocycles. The molecule has 6 nitrogen and oxygen atoms in total. The van der Waals surface area contributed by atoms with Crippen LogP contribution in [-0.4, -0.2) is 34.1 Å². The van der Waals surface area contributed by atoms with Crippen molar-refractivity contribution >= 4 is 17.8 Å². The molecule has 0 saturated heterocycles. The van der Waals surface area contributed by atoms with Gasteiger partial charge in [0.1, 0.15) is 0 Å². The monoisotopic (exact) mass is 249 g/mol. The van der Waals surface area contributed by atoms with Gasteiger partial charge in [-0.3, -0.25) is 19.2 Å². The molecule has 1 N–H and O–H groups in total. The molecule has 2 rings (SSSR count). The zero-order valence-electron chi connectivity index (χ0n) is 9.62. The van der Waals surface area contributed by atoms with Gasteiger partial charge in [0, 0.05) is 0 Å². The molecule has 0 aliphatic carbocycles. The van der Waals surface area contributed by atoms with E-state index in [-0.39, 0.29) is 17.5 Å². The number of nitrogens with zero attached hydrogens (tertiary/aromatic N) is 1. The van der Waals surface area contributed by atoms with Gasteiger partial charge in [-0.1, -0.05) is 12.1 Å². The van der Waals surface area contributed by atoms with Crippen LogP contribution < -0.4 is 0 Å². The number of fused-ring (bicyclic) bond motifs is 1. The molecule has 2 amide bonds. The Morgan fingerprint density at radius 3 is 2.22 bits per heavy atom. The highest BCUT2D eigenvalue weighted by molar-refractivity contribution is 6.20. The van der Waals surface area contributed by atoms with Crippen molar-refractivity contribution in [1.82, 2.24) is 5.06 Å². The molecule has 6 heteroatoms. The molecular formula is C12H11NO5. The van der Waals surface area contributed by atoms with Crippen LogP contribution in [0.3, 0.4) is 0 Å². The third kappa shape index (κ3) is 2.10. The van der Waals surface area contributed by atoms with Gasteiger partial charge in [-0.25, -0.2) is 0 Å². The fourth-order valence-corrected chi connectivity index (χ4v) is 1.73. The minimum absolute atomic E-state index is 0.269. The summed E-state index contributed by atoms with van der Waals surface area (Å²) in [5.74, 6) is -2.18. The van der Waals surface area contributed by atoms with Gasteiger partial charge in [0.05, 0.1) is 23.7 Å². The molecule has 0 saturated carbocycles. The highest BCUT2D eigenvalue weighted by Gasteiger charge is 2.37. The summed E-state index contributed by atoms with van der Waals surface area (Å²) < 4.78 is 0. The van der Waals surface area contributed by atoms with Gasteiger partial charge in [-0.15, -0.1) is 5.06 Å². The van der Waals surface area contributed by atoms with E-state index in [1.165, 1.54) is 19.1 Å². The normalized spacial score (nSPS) is 15.7. The van der Waals surface area contributed by atoms with Crippen LogP contribution in [0.4, 0.5) is 0 Å². The molecular weight excluding hydrogens is 238 g/mol. The zero-order chi connectivity index (χ0) is 13.3. The standard InChI is InChI=1S/C12H11NO5/c1-7(6-10(14)15)18-13-11(16)8-4-2-3-5-9(8)12(13)17/h2-5,7H,6H2,1H3,(H,14,15)/t7-/m1/s1. The smallest absolute Gasteiger partial charge is 0.306 e. The van der Waals surface area contributed by atoms with Crippen LogP contribution in [-0.2, 0) is 9.63 Å². The van der Waals surface area contributed by atoms with Crippen LogP contribution in [0.5, 0.6) is 0 Å². The maximum Gasteiger partial charge on any atom is 0.306 e. The maximum absolute atomic E-state index is 11.9. The van der Waals surface area contributed by atoms with Crippen molar-refractivity contribution in [3.63, 3.8) is 0 Å². The lowest BCUT2D eigenvalue weighted by Gasteiger charge is -2.17. The largest absolute Gasteiger partial charge is 0.481 e. The Kier molecular flexibility index (Phi) is 3.12. The molecule has 94 valence electrons. The summed E-state index contributed by atoms with van der Waals surface area (Å²) in [6.07, 6.45) is -1.04. The molecule has 1 aliphatic rings. The second-order valence-electron chi connectivity index (χ2n) is 3.96. The molecule has 0 unspecified atom stereocenters. The van der Waals surface area contributed by atoms with E-state index < -0.39 is 23.9 Å². The minimum Gasteiger partial charge on any atom is -0.481 e. The first kappa shape index (κ1) is 12.3. The van der Waals surface area contributed by atoms with E-state index in [0.29, 0.717) is 5.06 Å². The second-order valence-corrected chi connectivity index (χ2v) is 3.96. The lowest BCUT2D eigenvalue weighted by Crippen LogP contribution is -2.34. The summed E-state index contributed by atoms with van der Waals surface area (Å²) in [5, 5.41) is 9.22. The Morgan fingerprint density at radius 2 is 1.78 bits per heavy atom. The Morgan fingerprint density at radius 1 is 1.28 bits per heavy atom. The Labute approximate surface area is 103 Å². The summed E-state index contributed by atoms with van der Waals surface area (Å²) in [6.45, 7) is 1.48. The maximum atomic E-state index is 11.9. The van der Waals surface area contributed by atoms with E-state index >= 15 is 0 Å².